The van der Waals surface area contributed by atoms with Gasteiger partial charge in [-0.25, -0.2) is 4.39 Å². The lowest BCUT2D eigenvalue weighted by molar-refractivity contribution is 0.0709. The Labute approximate surface area is 165 Å². The molecule has 1 fully saturated rings. The van der Waals surface area contributed by atoms with E-state index >= 15 is 0 Å². The lowest BCUT2D eigenvalue weighted by Gasteiger charge is -2.32. The highest BCUT2D eigenvalue weighted by Gasteiger charge is 2.28. The van der Waals surface area contributed by atoms with Crippen molar-refractivity contribution in [2.75, 3.05) is 34.3 Å². The summed E-state index contributed by atoms with van der Waals surface area (Å²) in [6, 6.07) is 4.34. The molecule has 0 aliphatic carbocycles. The van der Waals surface area contributed by atoms with Gasteiger partial charge in [0.25, 0.3) is 5.91 Å². The van der Waals surface area contributed by atoms with Crippen molar-refractivity contribution >= 4 is 5.91 Å². The van der Waals surface area contributed by atoms with E-state index in [-0.39, 0.29) is 17.6 Å². The van der Waals surface area contributed by atoms with Crippen LogP contribution >= 0.6 is 0 Å². The van der Waals surface area contributed by atoms with Gasteiger partial charge in [-0.15, -0.1) is 10.2 Å². The molecule has 7 nitrogen and oxygen atoms in total. The average Bonchev–Trinajstić information content (AvgIpc) is 3.09. The minimum absolute atomic E-state index is 0.141. The number of carbonyl (C=O) groups is 1. The standard InChI is InChI=1S/C20H28FN5O2/c1-5-26-18(13-24(2)3)22-23-19(26)14-8-10-25(11-9-14)20(27)15-6-7-17(28-4)16(21)12-15/h6-7,12,14H,5,8-11,13H2,1-4H3. The van der Waals surface area contributed by atoms with E-state index in [0.717, 1.165) is 37.6 Å². The third kappa shape index (κ3) is 4.16. The van der Waals surface area contributed by atoms with Crippen LogP contribution in [-0.4, -0.2) is 64.8 Å². The lowest BCUT2D eigenvalue weighted by Crippen LogP contribution is -2.38. The van der Waals surface area contributed by atoms with Crippen molar-refractivity contribution in [2.24, 2.45) is 0 Å². The second kappa shape index (κ2) is 8.68. The minimum Gasteiger partial charge on any atom is -0.494 e. The van der Waals surface area contributed by atoms with Gasteiger partial charge < -0.3 is 19.1 Å². The number of nitrogens with zero attached hydrogens (tertiary/aromatic N) is 5. The molecule has 152 valence electrons. The van der Waals surface area contributed by atoms with Crippen molar-refractivity contribution in [3.8, 4) is 5.75 Å². The van der Waals surface area contributed by atoms with Crippen LogP contribution in [0.1, 0.15) is 47.7 Å². The average molecular weight is 389 g/mol. The zero-order valence-electron chi connectivity index (χ0n) is 17.0. The Hall–Kier alpha value is -2.48. The van der Waals surface area contributed by atoms with Gasteiger partial charge in [-0.1, -0.05) is 0 Å². The Bertz CT molecular complexity index is 828. The summed E-state index contributed by atoms with van der Waals surface area (Å²) in [5, 5.41) is 8.81. The number of rotatable bonds is 6. The summed E-state index contributed by atoms with van der Waals surface area (Å²) in [7, 11) is 5.44. The Kier molecular flexibility index (Phi) is 6.28. The molecule has 1 saturated heterocycles. The van der Waals surface area contributed by atoms with Gasteiger partial charge in [0.15, 0.2) is 11.6 Å². The summed E-state index contributed by atoms with van der Waals surface area (Å²) >= 11 is 0. The molecule has 3 rings (SSSR count). The summed E-state index contributed by atoms with van der Waals surface area (Å²) in [5.74, 6) is 1.72. The number of likely N-dealkylation sites (tertiary alicyclic amines) is 1. The number of piperidine rings is 1. The van der Waals surface area contributed by atoms with Crippen molar-refractivity contribution in [3.63, 3.8) is 0 Å². The third-order valence-corrected chi connectivity index (χ3v) is 5.18. The summed E-state index contributed by atoms with van der Waals surface area (Å²) in [4.78, 5) is 16.6. The molecule has 2 heterocycles. The van der Waals surface area contributed by atoms with Crippen molar-refractivity contribution in [1.29, 1.82) is 0 Å². The first-order chi connectivity index (χ1) is 13.4. The summed E-state index contributed by atoms with van der Waals surface area (Å²) < 4.78 is 21.0. The minimum atomic E-state index is -0.521. The van der Waals surface area contributed by atoms with E-state index in [9.17, 15) is 9.18 Å². The highest BCUT2D eigenvalue weighted by molar-refractivity contribution is 5.94. The van der Waals surface area contributed by atoms with Crippen LogP contribution in [-0.2, 0) is 13.1 Å². The molecule has 1 aliphatic heterocycles. The smallest absolute Gasteiger partial charge is 0.253 e. The number of ether oxygens (including phenoxy) is 1. The predicted octanol–water partition coefficient (Wildman–Crippen LogP) is 2.53. The molecule has 8 heteroatoms. The van der Waals surface area contributed by atoms with E-state index in [2.05, 4.69) is 26.6 Å². The zero-order chi connectivity index (χ0) is 20.3. The monoisotopic (exact) mass is 389 g/mol. The molecule has 1 aromatic carbocycles. The second-order valence-corrected chi connectivity index (χ2v) is 7.37. The van der Waals surface area contributed by atoms with Crippen LogP contribution in [0.5, 0.6) is 5.75 Å². The fourth-order valence-corrected chi connectivity index (χ4v) is 3.72. The Morgan fingerprint density at radius 2 is 2.00 bits per heavy atom. The number of hydrogen-bond acceptors (Lipinski definition) is 5. The molecule has 0 spiro atoms. The molecule has 0 bridgehead atoms. The van der Waals surface area contributed by atoms with Gasteiger partial charge >= 0.3 is 0 Å². The van der Waals surface area contributed by atoms with E-state index in [0.29, 0.717) is 18.7 Å². The first-order valence-electron chi connectivity index (χ1n) is 9.64. The molecular weight excluding hydrogens is 361 g/mol. The van der Waals surface area contributed by atoms with Crippen LogP contribution in [0.25, 0.3) is 0 Å². The quantitative estimate of drug-likeness (QED) is 0.760. The van der Waals surface area contributed by atoms with Crippen LogP contribution in [0.3, 0.4) is 0 Å². The molecule has 1 amide bonds. The number of aromatic nitrogens is 3. The number of hydrogen-bond donors (Lipinski definition) is 0. The SMILES string of the molecule is CCn1c(CN(C)C)nnc1C1CCN(C(=O)c2ccc(OC)c(F)c2)CC1. The molecule has 28 heavy (non-hydrogen) atoms. The van der Waals surface area contributed by atoms with E-state index in [1.165, 1.54) is 19.2 Å². The van der Waals surface area contributed by atoms with Gasteiger partial charge in [-0.05, 0) is 52.1 Å². The summed E-state index contributed by atoms with van der Waals surface area (Å²) in [6.07, 6.45) is 1.65. The first-order valence-corrected chi connectivity index (χ1v) is 9.64. The normalized spacial score (nSPS) is 15.3. The number of carbonyl (C=O) groups excluding carboxylic acids is 1. The molecule has 0 saturated carbocycles. The predicted molar refractivity (Wildman–Crippen MR) is 104 cm³/mol. The highest BCUT2D eigenvalue weighted by Crippen LogP contribution is 2.28. The molecule has 0 unspecified atom stereocenters. The maximum Gasteiger partial charge on any atom is 0.253 e. The molecule has 1 aromatic heterocycles. The fourth-order valence-electron chi connectivity index (χ4n) is 3.72. The second-order valence-electron chi connectivity index (χ2n) is 7.37. The maximum absolute atomic E-state index is 13.9. The zero-order valence-corrected chi connectivity index (χ0v) is 17.0. The molecular formula is C20H28FN5O2. The van der Waals surface area contributed by atoms with E-state index < -0.39 is 5.82 Å². The Morgan fingerprint density at radius 3 is 2.57 bits per heavy atom. The third-order valence-electron chi connectivity index (χ3n) is 5.18. The molecule has 0 atom stereocenters. The van der Waals surface area contributed by atoms with Crippen molar-refractivity contribution in [1.82, 2.24) is 24.6 Å². The number of halogens is 1. The van der Waals surface area contributed by atoms with Gasteiger partial charge in [-0.3, -0.25) is 4.79 Å². The number of methoxy groups -OCH3 is 1. The van der Waals surface area contributed by atoms with Gasteiger partial charge in [0, 0.05) is 31.1 Å². The molecule has 2 aromatic rings. The van der Waals surface area contributed by atoms with Crippen LogP contribution in [0, 0.1) is 5.82 Å². The van der Waals surface area contributed by atoms with Gasteiger partial charge in [0.05, 0.1) is 13.7 Å². The van der Waals surface area contributed by atoms with E-state index in [1.807, 2.05) is 14.1 Å². The van der Waals surface area contributed by atoms with Gasteiger partial charge in [-0.2, -0.15) is 0 Å². The lowest BCUT2D eigenvalue weighted by atomic mass is 9.95. The van der Waals surface area contributed by atoms with Crippen LogP contribution in [0.4, 0.5) is 4.39 Å². The Balaban J connectivity index is 1.67. The largest absolute Gasteiger partial charge is 0.494 e. The first kappa shape index (κ1) is 20.3. The summed E-state index contributed by atoms with van der Waals surface area (Å²) in [6.45, 7) is 4.92. The van der Waals surface area contributed by atoms with Crippen LogP contribution in [0.2, 0.25) is 0 Å². The van der Waals surface area contributed by atoms with Crippen molar-refractivity contribution < 1.29 is 13.9 Å². The van der Waals surface area contributed by atoms with Crippen molar-refractivity contribution in [3.05, 3.63) is 41.2 Å². The van der Waals surface area contributed by atoms with Gasteiger partial charge in [0.1, 0.15) is 11.6 Å². The number of benzene rings is 1. The van der Waals surface area contributed by atoms with Crippen molar-refractivity contribution in [2.45, 2.75) is 38.8 Å². The molecule has 0 radical (unpaired) electrons. The topological polar surface area (TPSA) is 63.5 Å². The molecule has 1 aliphatic rings. The van der Waals surface area contributed by atoms with Crippen LogP contribution < -0.4 is 4.74 Å². The number of amides is 1. The summed E-state index contributed by atoms with van der Waals surface area (Å²) in [5.41, 5.74) is 0.349. The van der Waals surface area contributed by atoms with E-state index in [4.69, 9.17) is 4.74 Å². The fraction of sp³-hybridized carbons (Fsp3) is 0.550. The van der Waals surface area contributed by atoms with E-state index in [1.54, 1.807) is 11.0 Å². The Morgan fingerprint density at radius 1 is 1.29 bits per heavy atom. The highest BCUT2D eigenvalue weighted by atomic mass is 19.1. The maximum atomic E-state index is 13.9. The molecule has 0 N–H and O–H groups in total. The van der Waals surface area contributed by atoms with Crippen LogP contribution in [0.15, 0.2) is 18.2 Å². The van der Waals surface area contributed by atoms with Gasteiger partial charge in [0.2, 0.25) is 0 Å².